The molecule has 2 aromatic heterocycles. The zero-order valence-electron chi connectivity index (χ0n) is 21.5. The van der Waals surface area contributed by atoms with Gasteiger partial charge in [-0.1, -0.05) is 55.0 Å². The van der Waals surface area contributed by atoms with Crippen LogP contribution in [0.25, 0.3) is 10.2 Å². The first-order valence-electron chi connectivity index (χ1n) is 12.1. The molecule has 0 atom stereocenters. The number of carbonyl (C=O) groups is 1. The number of amides is 1. The maximum Gasteiger partial charge on any atom is 0.280 e. The number of thiazole rings is 1. The predicted molar refractivity (Wildman–Crippen MR) is 155 cm³/mol. The first-order valence-corrected chi connectivity index (χ1v) is 15.2. The quantitative estimate of drug-likeness (QED) is 0.147. The molecule has 0 saturated carbocycles. The normalized spacial score (nSPS) is 12.4. The molecule has 0 radical (unpaired) electrons. The smallest absolute Gasteiger partial charge is 0.280 e. The molecule has 8 nitrogen and oxygen atoms in total. The number of halogens is 1. The van der Waals surface area contributed by atoms with E-state index in [0.717, 1.165) is 14.7 Å². The lowest BCUT2D eigenvalue weighted by atomic mass is 10.2. The molecule has 4 aromatic rings. The van der Waals surface area contributed by atoms with E-state index in [4.69, 9.17) is 4.42 Å². The third-order valence-electron chi connectivity index (χ3n) is 5.43. The fraction of sp³-hybridized carbons (Fsp3) is 0.296. The third kappa shape index (κ3) is 6.58. The van der Waals surface area contributed by atoms with Gasteiger partial charge >= 0.3 is 0 Å². The number of fused-ring (bicyclic) bond motifs is 1. The zero-order chi connectivity index (χ0) is 27.4. The van der Waals surface area contributed by atoms with Gasteiger partial charge < -0.3 is 4.42 Å². The van der Waals surface area contributed by atoms with Crippen molar-refractivity contribution in [3.63, 3.8) is 0 Å². The number of aromatic nitrogens is 1. The van der Waals surface area contributed by atoms with Gasteiger partial charge in [0.15, 0.2) is 0 Å². The fourth-order valence-electron chi connectivity index (χ4n) is 3.77. The van der Waals surface area contributed by atoms with E-state index in [1.54, 1.807) is 12.1 Å². The second kappa shape index (κ2) is 11.9. The van der Waals surface area contributed by atoms with Crippen LogP contribution in [0.3, 0.4) is 0 Å². The van der Waals surface area contributed by atoms with E-state index >= 15 is 0 Å². The van der Waals surface area contributed by atoms with Crippen LogP contribution in [0.1, 0.15) is 43.8 Å². The highest BCUT2D eigenvalue weighted by atomic mass is 79.9. The standard InChI is InChI=1S/C27H29BrN4O4S2/c1-18(2)16-31(17-19(3)4)38(34,35)23-10-7-20(8-11-23)26(33)32(29-15-22-6-5-13-36-22)27-30-24-12-9-21(28)14-25(24)37-27/h5-15,18-19H,16-17H2,1-4H3/b29-15+. The second-order valence-electron chi connectivity index (χ2n) is 9.62. The Morgan fingerprint density at radius 3 is 2.37 bits per heavy atom. The molecule has 0 aliphatic carbocycles. The monoisotopic (exact) mass is 616 g/mol. The Kier molecular flexibility index (Phi) is 8.81. The minimum Gasteiger partial charge on any atom is -0.463 e. The van der Waals surface area contributed by atoms with Crippen LogP contribution in [0.5, 0.6) is 0 Å². The van der Waals surface area contributed by atoms with Crippen molar-refractivity contribution >= 4 is 64.8 Å². The number of carbonyl (C=O) groups excluding carboxylic acids is 1. The Balaban J connectivity index is 1.67. The highest BCUT2D eigenvalue weighted by Crippen LogP contribution is 2.32. The molecule has 200 valence electrons. The van der Waals surface area contributed by atoms with E-state index in [2.05, 4.69) is 26.0 Å². The summed E-state index contributed by atoms with van der Waals surface area (Å²) in [4.78, 5) is 18.3. The minimum absolute atomic E-state index is 0.144. The molecule has 0 aliphatic heterocycles. The molecule has 0 saturated heterocycles. The van der Waals surface area contributed by atoms with Gasteiger partial charge in [-0.25, -0.2) is 13.4 Å². The summed E-state index contributed by atoms with van der Waals surface area (Å²) in [5.41, 5.74) is 1.01. The molecule has 0 unspecified atom stereocenters. The van der Waals surface area contributed by atoms with E-state index in [-0.39, 0.29) is 22.3 Å². The van der Waals surface area contributed by atoms with Crippen molar-refractivity contribution in [2.45, 2.75) is 32.6 Å². The summed E-state index contributed by atoms with van der Waals surface area (Å²) in [6, 6.07) is 15.1. The van der Waals surface area contributed by atoms with E-state index in [1.165, 1.54) is 57.4 Å². The molecule has 1 amide bonds. The lowest BCUT2D eigenvalue weighted by Gasteiger charge is -2.25. The summed E-state index contributed by atoms with van der Waals surface area (Å²) in [7, 11) is -3.72. The van der Waals surface area contributed by atoms with Crippen LogP contribution < -0.4 is 5.01 Å². The van der Waals surface area contributed by atoms with Gasteiger partial charge in [0.1, 0.15) is 5.76 Å². The van der Waals surface area contributed by atoms with Crippen LogP contribution in [0.4, 0.5) is 5.13 Å². The third-order valence-corrected chi connectivity index (χ3v) is 8.77. The van der Waals surface area contributed by atoms with Crippen molar-refractivity contribution in [1.82, 2.24) is 9.29 Å². The summed E-state index contributed by atoms with van der Waals surface area (Å²) in [6.07, 6.45) is 2.96. The van der Waals surface area contributed by atoms with Crippen molar-refractivity contribution in [3.8, 4) is 0 Å². The van der Waals surface area contributed by atoms with Crippen LogP contribution in [-0.4, -0.2) is 42.9 Å². The maximum atomic E-state index is 13.6. The molecule has 0 spiro atoms. The number of nitrogens with zero attached hydrogens (tertiary/aromatic N) is 4. The Hall–Kier alpha value is -2.86. The van der Waals surface area contributed by atoms with Gasteiger partial charge in [-0.05, 0) is 66.4 Å². The SMILES string of the molecule is CC(C)CN(CC(C)C)S(=O)(=O)c1ccc(C(=O)N(/N=C/c2ccco2)c2nc3ccc(Br)cc3s2)cc1. The summed E-state index contributed by atoms with van der Waals surface area (Å²) in [6.45, 7) is 8.80. The summed E-state index contributed by atoms with van der Waals surface area (Å²) >= 11 is 4.78. The van der Waals surface area contributed by atoms with E-state index < -0.39 is 15.9 Å². The van der Waals surface area contributed by atoms with Gasteiger partial charge in [0.05, 0.1) is 27.6 Å². The van der Waals surface area contributed by atoms with Crippen molar-refractivity contribution in [3.05, 3.63) is 76.7 Å². The number of sulfonamides is 1. The van der Waals surface area contributed by atoms with Gasteiger partial charge in [-0.15, -0.1) is 0 Å². The molecular weight excluding hydrogens is 588 g/mol. The number of anilines is 1. The summed E-state index contributed by atoms with van der Waals surface area (Å²) < 4.78 is 35.4. The van der Waals surface area contributed by atoms with Crippen molar-refractivity contribution < 1.29 is 17.6 Å². The molecule has 2 heterocycles. The van der Waals surface area contributed by atoms with E-state index in [1.807, 2.05) is 45.9 Å². The van der Waals surface area contributed by atoms with Gasteiger partial charge in [0, 0.05) is 23.1 Å². The number of hydrogen-bond donors (Lipinski definition) is 0. The summed E-state index contributed by atoms with van der Waals surface area (Å²) in [5, 5.41) is 5.95. The van der Waals surface area contributed by atoms with Gasteiger partial charge in [0.25, 0.3) is 5.91 Å². The first kappa shape index (κ1) is 28.2. The van der Waals surface area contributed by atoms with E-state index in [0.29, 0.717) is 24.0 Å². The number of hydrogen-bond acceptors (Lipinski definition) is 7. The number of rotatable bonds is 10. The number of benzene rings is 2. The molecule has 0 bridgehead atoms. The maximum absolute atomic E-state index is 13.6. The number of furan rings is 1. The van der Waals surface area contributed by atoms with Crippen LogP contribution in [0.15, 0.2) is 79.7 Å². The topological polar surface area (TPSA) is 96.1 Å². The average molecular weight is 618 g/mol. The lowest BCUT2D eigenvalue weighted by Crippen LogP contribution is -2.37. The molecule has 0 N–H and O–H groups in total. The molecular formula is C27H29BrN4O4S2. The Bertz CT molecular complexity index is 1520. The lowest BCUT2D eigenvalue weighted by molar-refractivity contribution is 0.0987. The second-order valence-corrected chi connectivity index (χ2v) is 13.5. The minimum atomic E-state index is -3.72. The molecule has 0 aliphatic rings. The van der Waals surface area contributed by atoms with E-state index in [9.17, 15) is 13.2 Å². The molecule has 11 heteroatoms. The molecule has 0 fully saturated rings. The molecule has 2 aromatic carbocycles. The van der Waals surface area contributed by atoms with Crippen LogP contribution >= 0.6 is 27.3 Å². The molecule has 4 rings (SSSR count). The Labute approximate surface area is 235 Å². The fourth-order valence-corrected chi connectivity index (χ4v) is 7.01. The Morgan fingerprint density at radius 2 is 1.76 bits per heavy atom. The van der Waals surface area contributed by atoms with Gasteiger partial charge in [-0.2, -0.15) is 14.4 Å². The van der Waals surface area contributed by atoms with Crippen LogP contribution in [0.2, 0.25) is 0 Å². The van der Waals surface area contributed by atoms with Crippen LogP contribution in [0, 0.1) is 11.8 Å². The highest BCUT2D eigenvalue weighted by molar-refractivity contribution is 9.10. The van der Waals surface area contributed by atoms with Crippen molar-refractivity contribution in [2.24, 2.45) is 16.9 Å². The zero-order valence-corrected chi connectivity index (χ0v) is 24.8. The Morgan fingerprint density at radius 1 is 1.08 bits per heavy atom. The van der Waals surface area contributed by atoms with Crippen LogP contribution in [-0.2, 0) is 10.0 Å². The van der Waals surface area contributed by atoms with Gasteiger partial charge in [0.2, 0.25) is 15.2 Å². The average Bonchev–Trinajstić information content (AvgIpc) is 3.53. The summed E-state index contributed by atoms with van der Waals surface area (Å²) in [5.74, 6) is 0.387. The molecule has 38 heavy (non-hydrogen) atoms. The first-order chi connectivity index (χ1) is 18.0. The number of hydrazone groups is 1. The predicted octanol–water partition coefficient (Wildman–Crippen LogP) is 6.64. The van der Waals surface area contributed by atoms with Gasteiger partial charge in [-0.3, -0.25) is 4.79 Å². The largest absolute Gasteiger partial charge is 0.463 e. The highest BCUT2D eigenvalue weighted by Gasteiger charge is 2.27. The van der Waals surface area contributed by atoms with Crippen molar-refractivity contribution in [1.29, 1.82) is 0 Å². The van der Waals surface area contributed by atoms with Crippen molar-refractivity contribution in [2.75, 3.05) is 18.1 Å².